The van der Waals surface area contributed by atoms with Crippen molar-refractivity contribution in [1.82, 2.24) is 20.1 Å². The molecule has 1 saturated carbocycles. The number of piperazine rings is 1. The lowest BCUT2D eigenvalue weighted by Gasteiger charge is -2.55. The van der Waals surface area contributed by atoms with E-state index in [2.05, 4.69) is 35.7 Å². The predicted molar refractivity (Wildman–Crippen MR) is 157 cm³/mol. The highest BCUT2D eigenvalue weighted by Gasteiger charge is 2.46. The molecule has 2 amide bonds. The number of anilines is 1. The zero-order chi connectivity index (χ0) is 28.3. The number of nitrogens with one attached hydrogen (secondary N) is 1. The van der Waals surface area contributed by atoms with Crippen molar-refractivity contribution < 1.29 is 14.0 Å². The van der Waals surface area contributed by atoms with Crippen LogP contribution < -0.4 is 10.2 Å². The van der Waals surface area contributed by atoms with Gasteiger partial charge in [-0.25, -0.2) is 0 Å². The van der Waals surface area contributed by atoms with Gasteiger partial charge in [-0.05, 0) is 57.9 Å². The zero-order valence-corrected chi connectivity index (χ0v) is 24.2. The number of allylic oxidation sites excluding steroid dienone is 2. The Labute approximate surface area is 232 Å². The van der Waals surface area contributed by atoms with Gasteiger partial charge in [0.05, 0.1) is 5.56 Å². The number of carbonyl (C=O) groups is 2. The Balaban J connectivity index is 0.00000172. The van der Waals surface area contributed by atoms with E-state index in [1.807, 2.05) is 69.0 Å². The molecular weight excluding hydrogens is 490 g/mol. The second-order valence-corrected chi connectivity index (χ2v) is 10.4. The number of carbonyl (C=O) groups excluding carboxylic acids is 2. The van der Waals surface area contributed by atoms with E-state index in [-0.39, 0.29) is 23.9 Å². The summed E-state index contributed by atoms with van der Waals surface area (Å²) < 4.78 is 6.12. The Morgan fingerprint density at radius 2 is 1.92 bits per heavy atom. The standard InChI is InChI=1S/C29H37N5O3.C2H6/c1-6-9-20(10-7-2)28(36)33-13-14-34(18(3)17-33)29-31-26-22(11-8-12-25(26)37-29)27(35)30-21-15-23-19(4)24(16-21)32(23)5;1-2/h6,8-12,18,21,23-24H,4,7,13-17H2,1-3,5H3,(H,30,35);1-2H3/b9-6-,20-10+;/t18-,21?,23?,24?;/m0./s1. The number of oxazole rings is 1. The Hall–Kier alpha value is -3.39. The number of likely N-dealkylation sites (N-methyl/N-ethyl adjacent to an activating group) is 1. The molecular formula is C31H43N5O3. The smallest absolute Gasteiger partial charge is 0.298 e. The van der Waals surface area contributed by atoms with Crippen molar-refractivity contribution in [2.75, 3.05) is 31.6 Å². The zero-order valence-electron chi connectivity index (χ0n) is 24.2. The molecule has 3 aliphatic heterocycles. The highest BCUT2D eigenvalue weighted by atomic mass is 16.4. The molecule has 1 N–H and O–H groups in total. The monoisotopic (exact) mass is 533 g/mol. The molecule has 1 aliphatic carbocycles. The van der Waals surface area contributed by atoms with Crippen molar-refractivity contribution in [3.05, 3.63) is 59.7 Å². The number of benzene rings is 1. The molecule has 6 rings (SSSR count). The van der Waals surface area contributed by atoms with Crippen LogP contribution in [0.1, 0.15) is 64.2 Å². The highest BCUT2D eigenvalue weighted by molar-refractivity contribution is 6.05. The minimum Gasteiger partial charge on any atom is -0.423 e. The summed E-state index contributed by atoms with van der Waals surface area (Å²) in [6.07, 6.45) is 8.34. The number of para-hydroxylation sites is 1. The molecule has 8 nitrogen and oxygen atoms in total. The van der Waals surface area contributed by atoms with Gasteiger partial charge in [0, 0.05) is 49.4 Å². The van der Waals surface area contributed by atoms with Gasteiger partial charge < -0.3 is 19.5 Å². The van der Waals surface area contributed by atoms with Crippen molar-refractivity contribution in [2.45, 2.75) is 78.0 Å². The van der Waals surface area contributed by atoms with E-state index in [4.69, 9.17) is 9.40 Å². The number of hydrogen-bond donors (Lipinski definition) is 1. The molecule has 3 saturated heterocycles. The van der Waals surface area contributed by atoms with E-state index in [0.29, 0.717) is 54.4 Å². The van der Waals surface area contributed by atoms with Gasteiger partial charge in [0.15, 0.2) is 5.58 Å². The molecule has 1 aromatic carbocycles. The van der Waals surface area contributed by atoms with Gasteiger partial charge in [0.25, 0.3) is 17.8 Å². The number of rotatable bonds is 6. The molecule has 2 aromatic rings. The Bertz CT molecular complexity index is 1260. The van der Waals surface area contributed by atoms with Gasteiger partial charge in [-0.1, -0.05) is 51.6 Å². The van der Waals surface area contributed by atoms with Gasteiger partial charge in [-0.15, -0.1) is 0 Å². The first-order valence-electron chi connectivity index (χ1n) is 14.3. The van der Waals surface area contributed by atoms with E-state index in [9.17, 15) is 9.59 Å². The summed E-state index contributed by atoms with van der Waals surface area (Å²) in [5.74, 6) is -0.0641. The summed E-state index contributed by atoms with van der Waals surface area (Å²) in [5.41, 5.74) is 3.71. The lowest BCUT2D eigenvalue weighted by molar-refractivity contribution is -0.127. The van der Waals surface area contributed by atoms with Crippen LogP contribution in [-0.2, 0) is 4.79 Å². The van der Waals surface area contributed by atoms with Gasteiger partial charge in [0.2, 0.25) is 0 Å². The van der Waals surface area contributed by atoms with Crippen molar-refractivity contribution in [3.8, 4) is 0 Å². The fourth-order valence-electron chi connectivity index (χ4n) is 6.01. The molecule has 39 heavy (non-hydrogen) atoms. The fourth-order valence-corrected chi connectivity index (χ4v) is 6.01. The van der Waals surface area contributed by atoms with Gasteiger partial charge in [-0.2, -0.15) is 4.98 Å². The van der Waals surface area contributed by atoms with Crippen molar-refractivity contribution >= 4 is 28.9 Å². The van der Waals surface area contributed by atoms with Crippen molar-refractivity contribution in [3.63, 3.8) is 0 Å². The third-order valence-electron chi connectivity index (χ3n) is 8.02. The Morgan fingerprint density at radius 3 is 2.54 bits per heavy atom. The molecule has 4 heterocycles. The van der Waals surface area contributed by atoms with Crippen LogP contribution in [0.5, 0.6) is 0 Å². The van der Waals surface area contributed by atoms with E-state index < -0.39 is 0 Å². The van der Waals surface area contributed by atoms with Crippen molar-refractivity contribution in [1.29, 1.82) is 0 Å². The molecule has 2 unspecified atom stereocenters. The van der Waals surface area contributed by atoms with Crippen LogP contribution in [0.15, 0.2) is 58.6 Å². The number of aromatic nitrogens is 1. The van der Waals surface area contributed by atoms with E-state index in [1.54, 1.807) is 0 Å². The van der Waals surface area contributed by atoms with Crippen molar-refractivity contribution in [2.24, 2.45) is 0 Å². The summed E-state index contributed by atoms with van der Waals surface area (Å²) in [6, 6.07) is 6.85. The quantitative estimate of drug-likeness (QED) is 0.322. The third kappa shape index (κ3) is 5.53. The van der Waals surface area contributed by atoms with E-state index in [1.165, 1.54) is 5.57 Å². The van der Waals surface area contributed by atoms with Crippen LogP contribution >= 0.6 is 0 Å². The summed E-state index contributed by atoms with van der Waals surface area (Å²) in [5, 5.41) is 3.22. The van der Waals surface area contributed by atoms with Gasteiger partial charge >= 0.3 is 0 Å². The molecule has 2 bridgehead atoms. The molecule has 4 fully saturated rings. The summed E-state index contributed by atoms with van der Waals surface area (Å²) in [7, 11) is 2.12. The van der Waals surface area contributed by atoms with Crippen LogP contribution in [0.4, 0.5) is 6.01 Å². The largest absolute Gasteiger partial charge is 0.423 e. The third-order valence-corrected chi connectivity index (χ3v) is 8.02. The first-order valence-corrected chi connectivity index (χ1v) is 14.3. The SMILES string of the molecule is C=C1C2CC(NC(=O)c3cccc4oc(N5CCN(C(=O)C(/C=C\C)=C/CC)C[C@@H]5C)nc34)CC1N2C.CC. The Kier molecular flexibility index (Phi) is 8.95. The number of nitrogens with zero attached hydrogens (tertiary/aromatic N) is 4. The van der Waals surface area contributed by atoms with Gasteiger partial charge in [0.1, 0.15) is 5.52 Å². The van der Waals surface area contributed by atoms with Crippen LogP contribution in [-0.4, -0.2) is 77.4 Å². The molecule has 0 radical (unpaired) electrons. The van der Waals surface area contributed by atoms with E-state index >= 15 is 0 Å². The number of fused-ring (bicyclic) bond motifs is 3. The molecule has 4 aliphatic rings. The molecule has 210 valence electrons. The first-order chi connectivity index (χ1) is 18.8. The topological polar surface area (TPSA) is 81.9 Å². The molecule has 0 spiro atoms. The minimum absolute atomic E-state index is 0.0237. The maximum atomic E-state index is 13.3. The normalized spacial score (nSPS) is 25.4. The maximum absolute atomic E-state index is 13.3. The average Bonchev–Trinajstić information content (AvgIpc) is 3.39. The summed E-state index contributed by atoms with van der Waals surface area (Å²) in [6.45, 7) is 16.0. The lowest BCUT2D eigenvalue weighted by atomic mass is 9.74. The first kappa shape index (κ1) is 28.6. The van der Waals surface area contributed by atoms with Gasteiger partial charge in [-0.3, -0.25) is 14.5 Å². The second-order valence-electron chi connectivity index (χ2n) is 10.4. The molecule has 1 aromatic heterocycles. The minimum atomic E-state index is -0.118. The van der Waals surface area contributed by atoms with Crippen LogP contribution in [0.25, 0.3) is 11.1 Å². The van der Waals surface area contributed by atoms with Crippen LogP contribution in [0.2, 0.25) is 0 Å². The molecule has 8 heteroatoms. The second kappa shape index (κ2) is 12.2. The highest BCUT2D eigenvalue weighted by Crippen LogP contribution is 2.40. The number of piperidine rings is 1. The fraction of sp³-hybridized carbons (Fsp3) is 0.516. The number of hydrogen-bond acceptors (Lipinski definition) is 6. The molecule has 3 atom stereocenters. The Morgan fingerprint density at radius 1 is 1.21 bits per heavy atom. The lowest BCUT2D eigenvalue weighted by Crippen LogP contribution is -2.64. The van der Waals surface area contributed by atoms with Crippen LogP contribution in [0.3, 0.4) is 0 Å². The van der Waals surface area contributed by atoms with Crippen LogP contribution in [0, 0.1) is 0 Å². The summed E-state index contributed by atoms with van der Waals surface area (Å²) >= 11 is 0. The summed E-state index contributed by atoms with van der Waals surface area (Å²) in [4.78, 5) is 37.4. The number of amides is 2. The maximum Gasteiger partial charge on any atom is 0.298 e. The van der Waals surface area contributed by atoms with E-state index in [0.717, 1.165) is 24.8 Å². The predicted octanol–water partition coefficient (Wildman–Crippen LogP) is 4.93. The average molecular weight is 534 g/mol.